The highest BCUT2D eigenvalue weighted by molar-refractivity contribution is 7.99. The summed E-state index contributed by atoms with van der Waals surface area (Å²) in [4.78, 5) is 9.86. The first-order valence-corrected chi connectivity index (χ1v) is 7.72. The number of hydrogen-bond acceptors (Lipinski definition) is 4. The van der Waals surface area contributed by atoms with Gasteiger partial charge in [-0.25, -0.2) is 9.97 Å². The largest absolute Gasteiger partial charge is 0.327 e. The van der Waals surface area contributed by atoms with Gasteiger partial charge >= 0.3 is 0 Å². The normalized spacial score (nSPS) is 12.4. The second-order valence-electron chi connectivity index (χ2n) is 5.04. The van der Waals surface area contributed by atoms with Gasteiger partial charge in [-0.1, -0.05) is 13.0 Å². The van der Waals surface area contributed by atoms with Gasteiger partial charge in [0.1, 0.15) is 0 Å². The molecule has 0 saturated heterocycles. The van der Waals surface area contributed by atoms with Crippen molar-refractivity contribution in [3.8, 4) is 0 Å². The van der Waals surface area contributed by atoms with E-state index in [4.69, 9.17) is 5.73 Å². The van der Waals surface area contributed by atoms with Gasteiger partial charge in [-0.2, -0.15) is 0 Å². The van der Waals surface area contributed by atoms with E-state index in [1.165, 1.54) is 16.0 Å². The molecular formula is C16H21N3S. The summed E-state index contributed by atoms with van der Waals surface area (Å²) in [6, 6.07) is 8.63. The van der Waals surface area contributed by atoms with Crippen molar-refractivity contribution in [1.82, 2.24) is 9.97 Å². The number of nitrogens with zero attached hydrogens (tertiary/aromatic N) is 2. The van der Waals surface area contributed by atoms with Gasteiger partial charge in [-0.3, -0.25) is 0 Å². The molecule has 1 aromatic carbocycles. The molecule has 0 fully saturated rings. The van der Waals surface area contributed by atoms with E-state index in [2.05, 4.69) is 42.0 Å². The number of benzene rings is 1. The first-order valence-electron chi connectivity index (χ1n) is 6.91. The molecule has 2 N–H and O–H groups in total. The monoisotopic (exact) mass is 287 g/mol. The zero-order valence-electron chi connectivity index (χ0n) is 12.3. The van der Waals surface area contributed by atoms with Crippen molar-refractivity contribution >= 4 is 11.8 Å². The SMILES string of the molecule is CCC(N)Cc1ccc(Sc2nccc(C)n2)cc1C. The van der Waals surface area contributed by atoms with E-state index >= 15 is 0 Å². The minimum Gasteiger partial charge on any atom is -0.327 e. The first-order chi connectivity index (χ1) is 9.58. The number of rotatable bonds is 5. The second-order valence-corrected chi connectivity index (χ2v) is 6.08. The molecular weight excluding hydrogens is 266 g/mol. The van der Waals surface area contributed by atoms with Crippen molar-refractivity contribution in [3.05, 3.63) is 47.3 Å². The standard InChI is InChI=1S/C16H21N3S/c1-4-14(17)10-13-5-6-15(9-11(13)2)20-16-18-8-7-12(3)19-16/h5-9,14H,4,10,17H2,1-3H3. The van der Waals surface area contributed by atoms with Crippen LogP contribution in [0, 0.1) is 13.8 Å². The molecule has 0 saturated carbocycles. The third-order valence-electron chi connectivity index (χ3n) is 3.30. The molecule has 0 spiro atoms. The first kappa shape index (κ1) is 15.0. The maximum absolute atomic E-state index is 6.03. The molecule has 4 heteroatoms. The molecule has 0 bridgehead atoms. The molecule has 2 aromatic rings. The average molecular weight is 287 g/mol. The van der Waals surface area contributed by atoms with Crippen molar-refractivity contribution in [2.24, 2.45) is 5.73 Å². The molecule has 0 radical (unpaired) electrons. The van der Waals surface area contributed by atoms with Gasteiger partial charge in [-0.15, -0.1) is 0 Å². The fraction of sp³-hybridized carbons (Fsp3) is 0.375. The van der Waals surface area contributed by atoms with Crippen LogP contribution in [0.3, 0.4) is 0 Å². The van der Waals surface area contributed by atoms with Gasteiger partial charge < -0.3 is 5.73 Å². The van der Waals surface area contributed by atoms with Gasteiger partial charge in [0.25, 0.3) is 0 Å². The van der Waals surface area contributed by atoms with Crippen LogP contribution in [0.25, 0.3) is 0 Å². The lowest BCUT2D eigenvalue weighted by molar-refractivity contribution is 0.644. The number of aromatic nitrogens is 2. The molecule has 20 heavy (non-hydrogen) atoms. The van der Waals surface area contributed by atoms with Crippen LogP contribution in [-0.2, 0) is 6.42 Å². The van der Waals surface area contributed by atoms with E-state index in [-0.39, 0.29) is 6.04 Å². The quantitative estimate of drug-likeness (QED) is 0.855. The van der Waals surface area contributed by atoms with Gasteiger partial charge in [0.15, 0.2) is 5.16 Å². The number of nitrogens with two attached hydrogens (primary N) is 1. The van der Waals surface area contributed by atoms with Crippen LogP contribution in [0.4, 0.5) is 0 Å². The fourth-order valence-electron chi connectivity index (χ4n) is 1.97. The lowest BCUT2D eigenvalue weighted by Gasteiger charge is -2.12. The van der Waals surface area contributed by atoms with Crippen LogP contribution >= 0.6 is 11.8 Å². The summed E-state index contributed by atoms with van der Waals surface area (Å²) in [7, 11) is 0. The Labute approximate surface area is 125 Å². The van der Waals surface area contributed by atoms with Gasteiger partial charge in [0.2, 0.25) is 0 Å². The Hall–Kier alpha value is -1.39. The van der Waals surface area contributed by atoms with E-state index in [9.17, 15) is 0 Å². The molecule has 1 unspecified atom stereocenters. The van der Waals surface area contributed by atoms with Crippen LogP contribution < -0.4 is 5.73 Å². The Morgan fingerprint density at radius 2 is 2.05 bits per heavy atom. The third-order valence-corrected chi connectivity index (χ3v) is 4.17. The Balaban J connectivity index is 2.13. The summed E-state index contributed by atoms with van der Waals surface area (Å²) in [5.41, 5.74) is 9.63. The smallest absolute Gasteiger partial charge is 0.192 e. The topological polar surface area (TPSA) is 51.8 Å². The fourth-order valence-corrected chi connectivity index (χ4v) is 2.85. The molecule has 1 aromatic heterocycles. The molecule has 2 rings (SSSR count). The predicted molar refractivity (Wildman–Crippen MR) is 84.0 cm³/mol. The van der Waals surface area contributed by atoms with E-state index < -0.39 is 0 Å². The zero-order chi connectivity index (χ0) is 14.5. The van der Waals surface area contributed by atoms with E-state index in [0.29, 0.717) is 0 Å². The summed E-state index contributed by atoms with van der Waals surface area (Å²) in [6.07, 6.45) is 3.74. The Bertz CT molecular complexity index is 584. The molecule has 0 aliphatic heterocycles. The van der Waals surface area contributed by atoms with Crippen molar-refractivity contribution in [2.75, 3.05) is 0 Å². The van der Waals surface area contributed by atoms with Crippen LogP contribution in [0.5, 0.6) is 0 Å². The predicted octanol–water partition coefficient (Wildman–Crippen LogP) is 3.52. The summed E-state index contributed by atoms with van der Waals surface area (Å²) in [6.45, 7) is 6.24. The van der Waals surface area contributed by atoms with E-state index in [0.717, 1.165) is 23.7 Å². The Morgan fingerprint density at radius 1 is 1.25 bits per heavy atom. The molecule has 1 heterocycles. The van der Waals surface area contributed by atoms with Crippen molar-refractivity contribution in [2.45, 2.75) is 49.7 Å². The number of hydrogen-bond donors (Lipinski definition) is 1. The molecule has 0 aliphatic carbocycles. The van der Waals surface area contributed by atoms with Crippen LogP contribution in [0.2, 0.25) is 0 Å². The molecule has 1 atom stereocenters. The molecule has 106 valence electrons. The Kier molecular flexibility index (Phi) is 5.15. The summed E-state index contributed by atoms with van der Waals surface area (Å²) in [5.74, 6) is 0. The zero-order valence-corrected chi connectivity index (χ0v) is 13.1. The van der Waals surface area contributed by atoms with Crippen LogP contribution in [0.15, 0.2) is 40.5 Å². The maximum atomic E-state index is 6.03. The molecule has 0 amide bonds. The van der Waals surface area contributed by atoms with Crippen molar-refractivity contribution in [3.63, 3.8) is 0 Å². The maximum Gasteiger partial charge on any atom is 0.192 e. The highest BCUT2D eigenvalue weighted by atomic mass is 32.2. The summed E-state index contributed by atoms with van der Waals surface area (Å²) < 4.78 is 0. The molecule has 3 nitrogen and oxygen atoms in total. The van der Waals surface area contributed by atoms with E-state index in [1.807, 2.05) is 13.0 Å². The van der Waals surface area contributed by atoms with Crippen LogP contribution in [0.1, 0.15) is 30.2 Å². The summed E-state index contributed by atoms with van der Waals surface area (Å²) in [5, 5.41) is 0.794. The lowest BCUT2D eigenvalue weighted by Crippen LogP contribution is -2.21. The Morgan fingerprint density at radius 3 is 2.70 bits per heavy atom. The lowest BCUT2D eigenvalue weighted by atomic mass is 10.0. The van der Waals surface area contributed by atoms with Gasteiger partial charge in [0, 0.05) is 22.8 Å². The minimum absolute atomic E-state index is 0.243. The second kappa shape index (κ2) is 6.86. The highest BCUT2D eigenvalue weighted by Gasteiger charge is 2.07. The third kappa shape index (κ3) is 4.05. The van der Waals surface area contributed by atoms with Crippen molar-refractivity contribution in [1.29, 1.82) is 0 Å². The molecule has 0 aliphatic rings. The van der Waals surface area contributed by atoms with Gasteiger partial charge in [0.05, 0.1) is 0 Å². The van der Waals surface area contributed by atoms with Crippen molar-refractivity contribution < 1.29 is 0 Å². The highest BCUT2D eigenvalue weighted by Crippen LogP contribution is 2.26. The van der Waals surface area contributed by atoms with E-state index in [1.54, 1.807) is 18.0 Å². The van der Waals surface area contributed by atoms with Crippen LogP contribution in [-0.4, -0.2) is 16.0 Å². The minimum atomic E-state index is 0.243. The average Bonchev–Trinajstić information content (AvgIpc) is 2.41. The van der Waals surface area contributed by atoms with Gasteiger partial charge in [-0.05, 0) is 67.8 Å². The number of aryl methyl sites for hydroxylation is 2. The summed E-state index contributed by atoms with van der Waals surface area (Å²) >= 11 is 1.60.